The topological polar surface area (TPSA) is 59.1 Å². The Balaban J connectivity index is 1.56. The number of nitrogens with zero attached hydrogens (tertiary/aromatic N) is 2. The van der Waals surface area contributed by atoms with Crippen LogP contribution in [0.15, 0.2) is 60.0 Å². The average molecular weight is 493 g/mol. The lowest BCUT2D eigenvalue weighted by molar-refractivity contribution is -0.136. The van der Waals surface area contributed by atoms with Crippen molar-refractivity contribution in [3.8, 4) is 11.5 Å². The molecule has 0 radical (unpaired) electrons. The van der Waals surface area contributed by atoms with Gasteiger partial charge in [-0.25, -0.2) is 0 Å². The monoisotopic (exact) mass is 492 g/mol. The van der Waals surface area contributed by atoms with Crippen LogP contribution in [0.25, 0.3) is 0 Å². The lowest BCUT2D eigenvalue weighted by Gasteiger charge is -2.38. The molecule has 0 spiro atoms. The Bertz CT molecular complexity index is 1190. The van der Waals surface area contributed by atoms with Crippen molar-refractivity contribution < 1.29 is 19.1 Å². The number of rotatable bonds is 8. The molecule has 2 amide bonds. The molecule has 0 unspecified atom stereocenters. The van der Waals surface area contributed by atoms with Gasteiger partial charge in [0.15, 0.2) is 0 Å². The van der Waals surface area contributed by atoms with Crippen molar-refractivity contribution in [2.45, 2.75) is 39.3 Å². The zero-order valence-corrected chi connectivity index (χ0v) is 21.5. The minimum absolute atomic E-state index is 0.00508. The van der Waals surface area contributed by atoms with E-state index in [-0.39, 0.29) is 30.4 Å². The van der Waals surface area contributed by atoms with Crippen LogP contribution < -0.4 is 9.47 Å². The molecule has 0 bridgehead atoms. The first kappa shape index (κ1) is 24.8. The second-order valence-electron chi connectivity index (χ2n) is 8.96. The van der Waals surface area contributed by atoms with Crippen LogP contribution in [0.1, 0.15) is 46.3 Å². The van der Waals surface area contributed by atoms with E-state index in [9.17, 15) is 9.59 Å². The first-order chi connectivity index (χ1) is 16.9. The first-order valence-electron chi connectivity index (χ1n) is 11.9. The standard InChI is InChI=1S/C28H32N2O4S/c1-19(2)30(28(32)22-10-6-8-12-25(22)33-4)17-27(31)29-15-13-26-21(14-16-35-26)23(29)18-34-24-11-7-5-9-20(24)3/h5-12,14,16,19,23H,13,15,17-18H2,1-4H3/t23-/m0/s1. The van der Waals surface area contributed by atoms with Gasteiger partial charge in [-0.05, 0) is 68.0 Å². The van der Waals surface area contributed by atoms with Crippen molar-refractivity contribution in [3.63, 3.8) is 0 Å². The molecule has 2 heterocycles. The van der Waals surface area contributed by atoms with Crippen LogP contribution >= 0.6 is 11.3 Å². The lowest BCUT2D eigenvalue weighted by Crippen LogP contribution is -2.49. The maximum absolute atomic E-state index is 13.7. The zero-order valence-electron chi connectivity index (χ0n) is 20.7. The molecule has 1 aliphatic heterocycles. The van der Waals surface area contributed by atoms with Crippen molar-refractivity contribution in [1.29, 1.82) is 0 Å². The van der Waals surface area contributed by atoms with Gasteiger partial charge in [-0.3, -0.25) is 9.59 Å². The molecule has 2 aromatic carbocycles. The molecule has 4 rings (SSSR count). The molecule has 184 valence electrons. The number of fused-ring (bicyclic) bond motifs is 1. The van der Waals surface area contributed by atoms with Crippen molar-refractivity contribution in [3.05, 3.63) is 81.5 Å². The second kappa shape index (κ2) is 11.0. The fourth-order valence-electron chi connectivity index (χ4n) is 4.46. The van der Waals surface area contributed by atoms with E-state index in [0.717, 1.165) is 23.3 Å². The summed E-state index contributed by atoms with van der Waals surface area (Å²) in [6, 6.07) is 16.8. The molecular formula is C28H32N2O4S. The fourth-order valence-corrected chi connectivity index (χ4v) is 5.39. The summed E-state index contributed by atoms with van der Waals surface area (Å²) in [5.41, 5.74) is 2.64. The molecule has 0 saturated heterocycles. The normalized spacial score (nSPS) is 15.0. The van der Waals surface area contributed by atoms with E-state index in [2.05, 4.69) is 11.4 Å². The molecule has 0 N–H and O–H groups in total. The highest BCUT2D eigenvalue weighted by atomic mass is 32.1. The molecule has 1 aliphatic rings. The zero-order chi connectivity index (χ0) is 24.9. The lowest BCUT2D eigenvalue weighted by atomic mass is 10.00. The highest BCUT2D eigenvalue weighted by molar-refractivity contribution is 7.10. The highest BCUT2D eigenvalue weighted by Gasteiger charge is 2.34. The van der Waals surface area contributed by atoms with E-state index in [4.69, 9.17) is 9.47 Å². The predicted octanol–water partition coefficient (Wildman–Crippen LogP) is 5.12. The Morgan fingerprint density at radius 1 is 1.09 bits per heavy atom. The first-order valence-corrected chi connectivity index (χ1v) is 12.8. The Morgan fingerprint density at radius 2 is 1.80 bits per heavy atom. The van der Waals surface area contributed by atoms with E-state index >= 15 is 0 Å². The number of hydrogen-bond acceptors (Lipinski definition) is 5. The van der Waals surface area contributed by atoms with Crippen LogP contribution in [0.3, 0.4) is 0 Å². The van der Waals surface area contributed by atoms with Crippen LogP contribution in [0.2, 0.25) is 0 Å². The Morgan fingerprint density at radius 3 is 2.51 bits per heavy atom. The summed E-state index contributed by atoms with van der Waals surface area (Å²) in [6.07, 6.45) is 0.807. The SMILES string of the molecule is COc1ccccc1C(=O)N(CC(=O)N1CCc2sccc2[C@@H]1COc1ccccc1C)C(C)C. The Kier molecular flexibility index (Phi) is 7.76. The molecule has 0 fully saturated rings. The van der Waals surface area contributed by atoms with Crippen molar-refractivity contribution in [1.82, 2.24) is 9.80 Å². The van der Waals surface area contributed by atoms with Crippen LogP contribution in [0, 0.1) is 6.92 Å². The maximum atomic E-state index is 13.7. The highest BCUT2D eigenvalue weighted by Crippen LogP contribution is 2.34. The minimum atomic E-state index is -0.216. The molecule has 7 heteroatoms. The van der Waals surface area contributed by atoms with E-state index < -0.39 is 0 Å². The van der Waals surface area contributed by atoms with Gasteiger partial charge in [0.1, 0.15) is 24.7 Å². The van der Waals surface area contributed by atoms with Gasteiger partial charge in [0, 0.05) is 17.5 Å². The molecule has 3 aromatic rings. The van der Waals surface area contributed by atoms with Crippen molar-refractivity contribution in [2.24, 2.45) is 0 Å². The number of methoxy groups -OCH3 is 1. The van der Waals surface area contributed by atoms with Gasteiger partial charge >= 0.3 is 0 Å². The number of hydrogen-bond donors (Lipinski definition) is 0. The van der Waals surface area contributed by atoms with E-state index in [0.29, 0.717) is 24.5 Å². The maximum Gasteiger partial charge on any atom is 0.258 e. The molecule has 35 heavy (non-hydrogen) atoms. The number of carbonyl (C=O) groups excluding carboxylic acids is 2. The number of benzene rings is 2. The van der Waals surface area contributed by atoms with E-state index in [1.165, 1.54) is 4.88 Å². The summed E-state index contributed by atoms with van der Waals surface area (Å²) in [6.45, 7) is 6.82. The minimum Gasteiger partial charge on any atom is -0.496 e. The summed E-state index contributed by atoms with van der Waals surface area (Å²) in [4.78, 5) is 31.9. The summed E-state index contributed by atoms with van der Waals surface area (Å²) < 4.78 is 11.6. The van der Waals surface area contributed by atoms with Crippen molar-refractivity contribution >= 4 is 23.2 Å². The summed E-state index contributed by atoms with van der Waals surface area (Å²) >= 11 is 1.72. The molecular weight excluding hydrogens is 460 g/mol. The number of para-hydroxylation sites is 2. The molecule has 1 aromatic heterocycles. The van der Waals surface area contributed by atoms with E-state index in [1.54, 1.807) is 41.5 Å². The third-order valence-corrected chi connectivity index (χ3v) is 7.43. The molecule has 0 saturated carbocycles. The van der Waals surface area contributed by atoms with Crippen LogP contribution in [0.5, 0.6) is 11.5 Å². The van der Waals surface area contributed by atoms with Crippen molar-refractivity contribution in [2.75, 3.05) is 26.8 Å². The Labute approximate surface area is 211 Å². The quantitative estimate of drug-likeness (QED) is 0.438. The largest absolute Gasteiger partial charge is 0.496 e. The third-order valence-electron chi connectivity index (χ3n) is 6.43. The van der Waals surface area contributed by atoms with Crippen LogP contribution in [-0.4, -0.2) is 54.5 Å². The Hall–Kier alpha value is -3.32. The molecule has 6 nitrogen and oxygen atoms in total. The van der Waals surface area contributed by atoms with Gasteiger partial charge in [0.25, 0.3) is 5.91 Å². The third kappa shape index (κ3) is 5.35. The summed E-state index contributed by atoms with van der Waals surface area (Å²) in [5.74, 6) is 1.02. The number of ether oxygens (including phenoxy) is 2. The fraction of sp³-hybridized carbons (Fsp3) is 0.357. The predicted molar refractivity (Wildman–Crippen MR) is 138 cm³/mol. The van der Waals surface area contributed by atoms with Gasteiger partial charge in [-0.2, -0.15) is 0 Å². The number of aryl methyl sites for hydroxylation is 1. The number of carbonyl (C=O) groups is 2. The van der Waals surface area contributed by atoms with Gasteiger partial charge < -0.3 is 19.3 Å². The number of thiophene rings is 1. The van der Waals surface area contributed by atoms with Crippen LogP contribution in [0.4, 0.5) is 0 Å². The summed E-state index contributed by atoms with van der Waals surface area (Å²) in [7, 11) is 1.54. The van der Waals surface area contributed by atoms with Crippen LogP contribution in [-0.2, 0) is 11.2 Å². The number of amides is 2. The van der Waals surface area contributed by atoms with Gasteiger partial charge in [0.2, 0.25) is 5.91 Å². The summed E-state index contributed by atoms with van der Waals surface area (Å²) in [5, 5.41) is 2.07. The smallest absolute Gasteiger partial charge is 0.258 e. The van der Waals surface area contributed by atoms with Gasteiger partial charge in [-0.1, -0.05) is 30.3 Å². The molecule has 1 atom stereocenters. The van der Waals surface area contributed by atoms with E-state index in [1.807, 2.05) is 56.0 Å². The van der Waals surface area contributed by atoms with Gasteiger partial charge in [0.05, 0.1) is 18.7 Å². The second-order valence-corrected chi connectivity index (χ2v) is 9.96. The average Bonchev–Trinajstić information content (AvgIpc) is 3.35. The molecule has 0 aliphatic carbocycles. The van der Waals surface area contributed by atoms with Gasteiger partial charge in [-0.15, -0.1) is 11.3 Å².